The van der Waals surface area contributed by atoms with Gasteiger partial charge in [-0.1, -0.05) is 6.08 Å². The van der Waals surface area contributed by atoms with Crippen molar-refractivity contribution in [3.63, 3.8) is 0 Å². The van der Waals surface area contributed by atoms with E-state index < -0.39 is 24.1 Å². The molecule has 1 aliphatic heterocycles. The van der Waals surface area contributed by atoms with E-state index in [2.05, 4.69) is 25.4 Å². The summed E-state index contributed by atoms with van der Waals surface area (Å²) in [5, 5.41) is 0. The topological polar surface area (TPSA) is 65.1 Å². The number of hydrogen-bond acceptors (Lipinski definition) is 6. The lowest BCUT2D eigenvalue weighted by Gasteiger charge is -2.23. The average molecular weight is 448 g/mol. The summed E-state index contributed by atoms with van der Waals surface area (Å²) in [6.07, 6.45) is 0.999. The van der Waals surface area contributed by atoms with Gasteiger partial charge in [0.2, 0.25) is 0 Å². The van der Waals surface area contributed by atoms with Crippen LogP contribution in [0.1, 0.15) is 0 Å². The molecule has 0 saturated heterocycles. The molecule has 1 aromatic carbocycles. The normalized spacial score (nSPS) is 14.1. The maximum atomic E-state index is 12.4. The summed E-state index contributed by atoms with van der Waals surface area (Å²) in [5.74, 6) is -2.07. The molecule has 1 aliphatic rings. The molecule has 1 heterocycles. The summed E-state index contributed by atoms with van der Waals surface area (Å²) in [6.45, 7) is 0. The fourth-order valence-electron chi connectivity index (χ4n) is 2.21. The Kier molecular flexibility index (Phi) is 6.32. The summed E-state index contributed by atoms with van der Waals surface area (Å²) in [5.41, 5.74) is 0.0324. The van der Waals surface area contributed by atoms with E-state index >= 15 is 0 Å². The first-order chi connectivity index (χ1) is 12.7. The van der Waals surface area contributed by atoms with E-state index in [4.69, 9.17) is 4.74 Å². The third-order valence-corrected chi connectivity index (χ3v) is 3.93. The molecule has 6 nitrogen and oxygen atoms in total. The molecule has 0 bridgehead atoms. The van der Waals surface area contributed by atoms with Gasteiger partial charge in [-0.2, -0.15) is 0 Å². The third-order valence-electron chi connectivity index (χ3n) is 3.31. The fraction of sp³-hybridized carbons (Fsp3) is 0.176. The minimum absolute atomic E-state index is 0.00763. The first-order valence-corrected chi connectivity index (χ1v) is 8.07. The molecule has 0 saturated carbocycles. The summed E-state index contributed by atoms with van der Waals surface area (Å²) >= 11 is 3.00. The third kappa shape index (κ3) is 4.91. The molecule has 10 heteroatoms. The number of alkyl halides is 3. The Hall–Kier alpha value is -2.75. The Balaban J connectivity index is 2.56. The van der Waals surface area contributed by atoms with Gasteiger partial charge in [0.15, 0.2) is 0 Å². The second-order valence-corrected chi connectivity index (χ2v) is 5.83. The molecule has 0 unspecified atom stereocenters. The van der Waals surface area contributed by atoms with Crippen LogP contribution >= 0.6 is 15.9 Å². The zero-order chi connectivity index (χ0) is 20.2. The summed E-state index contributed by atoms with van der Waals surface area (Å²) in [4.78, 5) is 25.6. The molecule has 0 atom stereocenters. The number of ether oxygens (including phenoxy) is 3. The number of esters is 2. The minimum atomic E-state index is -4.86. The van der Waals surface area contributed by atoms with Gasteiger partial charge in [-0.05, 0) is 46.3 Å². The van der Waals surface area contributed by atoms with E-state index in [1.165, 1.54) is 41.5 Å². The van der Waals surface area contributed by atoms with Crippen LogP contribution in [0.3, 0.4) is 0 Å². The Morgan fingerprint density at radius 3 is 2.30 bits per heavy atom. The molecule has 27 heavy (non-hydrogen) atoms. The van der Waals surface area contributed by atoms with Crippen molar-refractivity contribution in [2.45, 2.75) is 6.36 Å². The van der Waals surface area contributed by atoms with Gasteiger partial charge in [0.25, 0.3) is 0 Å². The molecular formula is C17H13BrF3NO5. The van der Waals surface area contributed by atoms with Crippen molar-refractivity contribution in [3.8, 4) is 5.75 Å². The fourth-order valence-corrected chi connectivity index (χ4v) is 2.66. The van der Waals surface area contributed by atoms with Crippen LogP contribution in [0.5, 0.6) is 5.75 Å². The Morgan fingerprint density at radius 1 is 1.07 bits per heavy atom. The van der Waals surface area contributed by atoms with Crippen LogP contribution in [-0.2, 0) is 19.1 Å². The van der Waals surface area contributed by atoms with Crippen molar-refractivity contribution in [2.75, 3.05) is 19.1 Å². The Morgan fingerprint density at radius 2 is 1.74 bits per heavy atom. The van der Waals surface area contributed by atoms with Crippen LogP contribution < -0.4 is 9.64 Å². The van der Waals surface area contributed by atoms with Crippen molar-refractivity contribution >= 4 is 33.6 Å². The van der Waals surface area contributed by atoms with Gasteiger partial charge < -0.3 is 19.1 Å². The quantitative estimate of drug-likeness (QED) is 0.653. The van der Waals surface area contributed by atoms with Gasteiger partial charge in [-0.3, -0.25) is 0 Å². The SMILES string of the molecule is COC(=O)C1=C(C(=O)OC)N(c2ccc(OC(F)(F)F)c(Br)c2)C=CC=C1. The molecule has 2 rings (SSSR count). The van der Waals surface area contributed by atoms with Crippen LogP contribution in [0.15, 0.2) is 58.4 Å². The number of carbonyl (C=O) groups is 2. The minimum Gasteiger partial charge on any atom is -0.465 e. The predicted molar refractivity (Wildman–Crippen MR) is 92.6 cm³/mol. The van der Waals surface area contributed by atoms with Gasteiger partial charge in [-0.15, -0.1) is 13.2 Å². The zero-order valence-corrected chi connectivity index (χ0v) is 15.6. The van der Waals surface area contributed by atoms with E-state index in [1.807, 2.05) is 0 Å². The largest absolute Gasteiger partial charge is 0.573 e. The average Bonchev–Trinajstić information content (AvgIpc) is 2.84. The molecule has 0 radical (unpaired) electrons. The van der Waals surface area contributed by atoms with Crippen LogP contribution in [0.2, 0.25) is 0 Å². The molecule has 0 N–H and O–H groups in total. The number of rotatable bonds is 4. The molecule has 144 valence electrons. The van der Waals surface area contributed by atoms with Crippen molar-refractivity contribution < 1.29 is 37.0 Å². The summed E-state index contributed by atoms with van der Waals surface area (Å²) in [6, 6.07) is 3.67. The van der Waals surface area contributed by atoms with Crippen molar-refractivity contribution in [1.82, 2.24) is 0 Å². The number of hydrogen-bond donors (Lipinski definition) is 0. The number of methoxy groups -OCH3 is 2. The van der Waals surface area contributed by atoms with Crippen molar-refractivity contribution in [3.05, 3.63) is 58.4 Å². The highest BCUT2D eigenvalue weighted by atomic mass is 79.9. The smallest absolute Gasteiger partial charge is 0.465 e. The van der Waals surface area contributed by atoms with Crippen LogP contribution in [0.4, 0.5) is 18.9 Å². The summed E-state index contributed by atoms with van der Waals surface area (Å²) < 4.78 is 50.6. The second kappa shape index (κ2) is 8.30. The lowest BCUT2D eigenvalue weighted by molar-refractivity contribution is -0.274. The van der Waals surface area contributed by atoms with Gasteiger partial charge in [-0.25, -0.2) is 9.59 Å². The lowest BCUT2D eigenvalue weighted by Crippen LogP contribution is -2.27. The molecule has 0 aromatic heterocycles. The van der Waals surface area contributed by atoms with E-state index in [1.54, 1.807) is 0 Å². The van der Waals surface area contributed by atoms with E-state index in [-0.39, 0.29) is 21.4 Å². The van der Waals surface area contributed by atoms with Crippen molar-refractivity contribution in [1.29, 1.82) is 0 Å². The van der Waals surface area contributed by atoms with Crippen molar-refractivity contribution in [2.24, 2.45) is 0 Å². The number of benzene rings is 1. The number of carbonyl (C=O) groups excluding carboxylic acids is 2. The number of nitrogens with zero attached hydrogens (tertiary/aromatic N) is 1. The molecular weight excluding hydrogens is 435 g/mol. The van der Waals surface area contributed by atoms with E-state index in [9.17, 15) is 22.8 Å². The first kappa shape index (κ1) is 20.6. The highest BCUT2D eigenvalue weighted by Gasteiger charge is 2.32. The molecule has 0 fully saturated rings. The number of allylic oxidation sites excluding steroid dienone is 2. The molecule has 1 aromatic rings. The van der Waals surface area contributed by atoms with E-state index in [0.717, 1.165) is 20.3 Å². The molecule has 0 amide bonds. The van der Waals surface area contributed by atoms with Crippen LogP contribution in [0.25, 0.3) is 0 Å². The van der Waals surface area contributed by atoms with Gasteiger partial charge in [0.05, 0.1) is 24.3 Å². The second-order valence-electron chi connectivity index (χ2n) is 4.98. The first-order valence-electron chi connectivity index (χ1n) is 7.28. The highest BCUT2D eigenvalue weighted by Crippen LogP contribution is 2.35. The van der Waals surface area contributed by atoms with Gasteiger partial charge in [0, 0.05) is 11.9 Å². The van der Waals surface area contributed by atoms with Crippen LogP contribution in [-0.4, -0.2) is 32.5 Å². The number of anilines is 1. The predicted octanol–water partition coefficient (Wildman–Crippen LogP) is 3.84. The Bertz CT molecular complexity index is 845. The molecule has 0 aliphatic carbocycles. The maximum absolute atomic E-state index is 12.4. The lowest BCUT2D eigenvalue weighted by atomic mass is 10.1. The zero-order valence-electron chi connectivity index (χ0n) is 14.0. The standard InChI is InChI=1S/C17H13BrF3NO5/c1-25-15(23)11-5-3-4-8-22(14(11)16(24)26-2)10-6-7-13(12(18)9-10)27-17(19,20)21/h3-9H,1-2H3. The monoisotopic (exact) mass is 447 g/mol. The highest BCUT2D eigenvalue weighted by molar-refractivity contribution is 9.10. The van der Waals surface area contributed by atoms with E-state index in [0.29, 0.717) is 0 Å². The van der Waals surface area contributed by atoms with Gasteiger partial charge >= 0.3 is 18.3 Å². The van der Waals surface area contributed by atoms with Gasteiger partial charge in [0.1, 0.15) is 11.4 Å². The maximum Gasteiger partial charge on any atom is 0.573 e. The summed E-state index contributed by atoms with van der Waals surface area (Å²) in [7, 11) is 2.29. The molecule has 0 spiro atoms. The number of halogens is 4. The van der Waals surface area contributed by atoms with Crippen LogP contribution in [0, 0.1) is 0 Å². The Labute approximate surface area is 160 Å².